The van der Waals surface area contributed by atoms with Crippen molar-refractivity contribution in [2.45, 2.75) is 13.3 Å². The number of carbonyl (C=O) groups excluding carboxylic acids is 1. The van der Waals surface area contributed by atoms with E-state index in [1.165, 1.54) is 23.1 Å². The van der Waals surface area contributed by atoms with Gasteiger partial charge in [0, 0.05) is 36.3 Å². The van der Waals surface area contributed by atoms with Gasteiger partial charge < -0.3 is 15.3 Å². The van der Waals surface area contributed by atoms with Crippen molar-refractivity contribution >= 4 is 23.4 Å². The highest BCUT2D eigenvalue weighted by Gasteiger charge is 2.32. The van der Waals surface area contributed by atoms with Crippen LogP contribution in [-0.2, 0) is 4.79 Å². The van der Waals surface area contributed by atoms with Crippen LogP contribution in [0.3, 0.4) is 0 Å². The van der Waals surface area contributed by atoms with Crippen LogP contribution >= 0.6 is 0 Å². The van der Waals surface area contributed by atoms with Gasteiger partial charge in [-0.3, -0.25) is 14.9 Å². The van der Waals surface area contributed by atoms with Gasteiger partial charge in [0.25, 0.3) is 5.69 Å². The lowest BCUT2D eigenvalue weighted by molar-refractivity contribution is -0.385. The van der Waals surface area contributed by atoms with Crippen molar-refractivity contribution in [1.29, 1.82) is 0 Å². The topological polar surface area (TPSA) is 113 Å². The fraction of sp³-hybridized carbons (Fsp3) is 0.385. The Bertz CT molecular complexity index is 595. The number of carboxylic acids is 1. The highest BCUT2D eigenvalue weighted by molar-refractivity contribution is 5.90. The SMILES string of the molecule is Cc1cc(NC(=O)N2CC(CC(=O)O)C2)ccc1[N+](=O)[O-]. The fourth-order valence-corrected chi connectivity index (χ4v) is 2.25. The summed E-state index contributed by atoms with van der Waals surface area (Å²) >= 11 is 0. The largest absolute Gasteiger partial charge is 0.481 e. The first-order valence-corrected chi connectivity index (χ1v) is 6.39. The molecule has 2 N–H and O–H groups in total. The molecule has 0 unspecified atom stereocenters. The molecule has 2 rings (SSSR count). The molecule has 8 nitrogen and oxygen atoms in total. The first-order valence-electron chi connectivity index (χ1n) is 6.39. The number of urea groups is 1. The summed E-state index contributed by atoms with van der Waals surface area (Å²) in [7, 11) is 0. The third-order valence-electron chi connectivity index (χ3n) is 3.35. The van der Waals surface area contributed by atoms with Gasteiger partial charge in [0.2, 0.25) is 0 Å². The van der Waals surface area contributed by atoms with Gasteiger partial charge in [0.05, 0.1) is 11.3 Å². The van der Waals surface area contributed by atoms with Gasteiger partial charge >= 0.3 is 12.0 Å². The van der Waals surface area contributed by atoms with E-state index in [9.17, 15) is 19.7 Å². The first-order chi connectivity index (χ1) is 9.86. The van der Waals surface area contributed by atoms with Gasteiger partial charge in [-0.1, -0.05) is 0 Å². The van der Waals surface area contributed by atoms with E-state index < -0.39 is 10.9 Å². The van der Waals surface area contributed by atoms with Crippen LogP contribution in [0.5, 0.6) is 0 Å². The molecule has 0 atom stereocenters. The molecule has 1 aliphatic rings. The molecule has 0 bridgehead atoms. The van der Waals surface area contributed by atoms with Crippen LogP contribution in [0.25, 0.3) is 0 Å². The van der Waals surface area contributed by atoms with E-state index in [4.69, 9.17) is 5.11 Å². The van der Waals surface area contributed by atoms with Gasteiger partial charge in [-0.2, -0.15) is 0 Å². The molecule has 8 heteroatoms. The zero-order chi connectivity index (χ0) is 15.6. The Kier molecular flexibility index (Phi) is 4.06. The molecule has 0 spiro atoms. The molecule has 1 heterocycles. The number of benzene rings is 1. The van der Waals surface area contributed by atoms with Crippen LogP contribution in [0.1, 0.15) is 12.0 Å². The predicted molar refractivity (Wildman–Crippen MR) is 74.2 cm³/mol. The second kappa shape index (κ2) is 5.78. The van der Waals surface area contributed by atoms with Gasteiger partial charge in [-0.15, -0.1) is 0 Å². The maximum atomic E-state index is 11.9. The van der Waals surface area contributed by atoms with Crippen molar-refractivity contribution in [2.24, 2.45) is 5.92 Å². The average Bonchev–Trinajstić information content (AvgIpc) is 2.32. The minimum atomic E-state index is -0.869. The number of nitrogens with zero attached hydrogens (tertiary/aromatic N) is 2. The third-order valence-corrected chi connectivity index (χ3v) is 3.35. The smallest absolute Gasteiger partial charge is 0.321 e. The summed E-state index contributed by atoms with van der Waals surface area (Å²) in [4.78, 5) is 34.1. The molecule has 1 aliphatic heterocycles. The highest BCUT2D eigenvalue weighted by atomic mass is 16.6. The molecule has 0 aliphatic carbocycles. The number of likely N-dealkylation sites (tertiary alicyclic amines) is 1. The summed E-state index contributed by atoms with van der Waals surface area (Å²) in [6, 6.07) is 4.01. The number of carbonyl (C=O) groups is 2. The van der Waals surface area contributed by atoms with Gasteiger partial charge in [0.1, 0.15) is 0 Å². The van der Waals surface area contributed by atoms with Crippen molar-refractivity contribution in [3.63, 3.8) is 0 Å². The Hall–Kier alpha value is -2.64. The molecule has 0 radical (unpaired) electrons. The number of anilines is 1. The minimum absolute atomic E-state index is 0.00142. The maximum Gasteiger partial charge on any atom is 0.321 e. The monoisotopic (exact) mass is 293 g/mol. The molecule has 21 heavy (non-hydrogen) atoms. The number of aliphatic carboxylic acids is 1. The molecule has 1 fully saturated rings. The van der Waals surface area contributed by atoms with Crippen molar-refractivity contribution in [2.75, 3.05) is 18.4 Å². The van der Waals surface area contributed by atoms with Gasteiger partial charge in [-0.25, -0.2) is 4.79 Å². The number of aryl methyl sites for hydroxylation is 1. The Morgan fingerprint density at radius 1 is 1.48 bits per heavy atom. The van der Waals surface area contributed by atoms with E-state index in [0.29, 0.717) is 24.3 Å². The van der Waals surface area contributed by atoms with Crippen LogP contribution in [0, 0.1) is 23.0 Å². The fourth-order valence-electron chi connectivity index (χ4n) is 2.25. The zero-order valence-corrected chi connectivity index (χ0v) is 11.4. The molecular weight excluding hydrogens is 278 g/mol. The normalized spacial score (nSPS) is 14.4. The van der Waals surface area contributed by atoms with Crippen LogP contribution in [0.15, 0.2) is 18.2 Å². The molecule has 2 amide bonds. The summed E-state index contributed by atoms with van der Waals surface area (Å²) in [5.41, 5.74) is 0.938. The van der Waals surface area contributed by atoms with Gasteiger partial charge in [-0.05, 0) is 19.1 Å². The predicted octanol–water partition coefficient (Wildman–Crippen LogP) is 1.84. The lowest BCUT2D eigenvalue weighted by atomic mass is 9.97. The number of nitro benzene ring substituents is 1. The van der Waals surface area contributed by atoms with E-state index >= 15 is 0 Å². The van der Waals surface area contributed by atoms with Crippen molar-refractivity contribution in [3.8, 4) is 0 Å². The van der Waals surface area contributed by atoms with Gasteiger partial charge in [0.15, 0.2) is 0 Å². The second-order valence-corrected chi connectivity index (χ2v) is 5.06. The summed E-state index contributed by atoms with van der Waals surface area (Å²) in [6.45, 7) is 2.41. The van der Waals surface area contributed by atoms with Crippen molar-refractivity contribution in [1.82, 2.24) is 4.90 Å². The molecular formula is C13H15N3O5. The Labute approximate surface area is 120 Å². The van der Waals surface area contributed by atoms with Crippen LogP contribution < -0.4 is 5.32 Å². The van der Waals surface area contributed by atoms with Crippen molar-refractivity contribution < 1.29 is 19.6 Å². The summed E-state index contributed by atoms with van der Waals surface area (Å²) in [5, 5.41) is 22.0. The minimum Gasteiger partial charge on any atom is -0.481 e. The first kappa shape index (κ1) is 14.8. The number of rotatable bonds is 4. The second-order valence-electron chi connectivity index (χ2n) is 5.06. The molecule has 1 saturated heterocycles. The summed E-state index contributed by atoms with van der Waals surface area (Å²) in [5.74, 6) is -0.877. The Morgan fingerprint density at radius 2 is 2.14 bits per heavy atom. The Balaban J connectivity index is 1.91. The average molecular weight is 293 g/mol. The lowest BCUT2D eigenvalue weighted by Crippen LogP contribution is -2.52. The van der Waals surface area contributed by atoms with Crippen molar-refractivity contribution in [3.05, 3.63) is 33.9 Å². The summed E-state index contributed by atoms with van der Waals surface area (Å²) in [6.07, 6.45) is 0.0560. The molecule has 112 valence electrons. The van der Waals surface area contributed by atoms with Crippen LogP contribution in [0.4, 0.5) is 16.2 Å². The number of nitrogens with one attached hydrogen (secondary N) is 1. The molecule has 0 saturated carbocycles. The number of hydrogen-bond acceptors (Lipinski definition) is 4. The number of hydrogen-bond donors (Lipinski definition) is 2. The number of carboxylic acid groups (broad SMARTS) is 1. The number of amides is 2. The highest BCUT2D eigenvalue weighted by Crippen LogP contribution is 2.23. The van der Waals surface area contributed by atoms with E-state index in [0.717, 1.165) is 0 Å². The molecule has 0 aromatic heterocycles. The van der Waals surface area contributed by atoms with E-state index in [1.807, 2.05) is 0 Å². The standard InChI is InChI=1S/C13H15N3O5/c1-8-4-10(2-3-11(8)16(20)21)14-13(19)15-6-9(7-15)5-12(17)18/h2-4,9H,5-7H2,1H3,(H,14,19)(H,17,18). The Morgan fingerprint density at radius 3 is 2.67 bits per heavy atom. The van der Waals surface area contributed by atoms with E-state index in [2.05, 4.69) is 5.32 Å². The summed E-state index contributed by atoms with van der Waals surface area (Å²) < 4.78 is 0. The number of nitro groups is 1. The molecule has 1 aromatic carbocycles. The lowest BCUT2D eigenvalue weighted by Gasteiger charge is -2.38. The molecule has 1 aromatic rings. The van der Waals surface area contributed by atoms with E-state index in [-0.39, 0.29) is 24.1 Å². The van der Waals surface area contributed by atoms with E-state index in [1.54, 1.807) is 6.92 Å². The van der Waals surface area contributed by atoms with Crippen LogP contribution in [0.2, 0.25) is 0 Å². The van der Waals surface area contributed by atoms with Crippen LogP contribution in [-0.4, -0.2) is 40.0 Å². The maximum absolute atomic E-state index is 11.9. The quantitative estimate of drug-likeness (QED) is 0.649. The third kappa shape index (κ3) is 3.47. The zero-order valence-electron chi connectivity index (χ0n) is 11.4.